The second kappa shape index (κ2) is 11.0. The summed E-state index contributed by atoms with van der Waals surface area (Å²) in [5.74, 6) is 1.87. The van der Waals surface area contributed by atoms with E-state index >= 15 is 0 Å². The smallest absolute Gasteiger partial charge is 0.140 e. The van der Waals surface area contributed by atoms with Gasteiger partial charge in [0.2, 0.25) is 0 Å². The number of hydrogen-bond acceptors (Lipinski definition) is 3. The lowest BCUT2D eigenvalue weighted by atomic mass is 9.65. The van der Waals surface area contributed by atoms with Gasteiger partial charge in [-0.3, -0.25) is 0 Å². The van der Waals surface area contributed by atoms with Crippen molar-refractivity contribution in [3.8, 4) is 22.6 Å². The Morgan fingerprint density at radius 3 is 1.41 bits per heavy atom. The summed E-state index contributed by atoms with van der Waals surface area (Å²) in [6.45, 7) is 0. The highest BCUT2D eigenvalue weighted by Crippen LogP contribution is 2.65. The number of hydrogen-bond donors (Lipinski definition) is 0. The molecule has 0 unspecified atom stereocenters. The SMILES string of the molecule is c1ccc(N2c3ccccc3N(c3ccc4c(c3)-c3ccccc3C43c4ccc5ccccc5c4Oc4c3ccc3ccccc43)c3ccccc32)cc1. The Morgan fingerprint density at radius 2 is 0.796 bits per heavy atom. The Balaban J connectivity index is 1.14. The van der Waals surface area contributed by atoms with Crippen molar-refractivity contribution in [2.75, 3.05) is 9.80 Å². The highest BCUT2D eigenvalue weighted by Gasteiger charge is 2.52. The average Bonchev–Trinajstić information content (AvgIpc) is 3.52. The molecule has 0 bridgehead atoms. The molecule has 2 aliphatic heterocycles. The Morgan fingerprint density at radius 1 is 0.333 bits per heavy atom. The minimum Gasteiger partial charge on any atom is -0.455 e. The quantitative estimate of drug-likeness (QED) is 0.180. The second-order valence-electron chi connectivity index (χ2n) is 14.4. The number of rotatable bonds is 2. The lowest BCUT2D eigenvalue weighted by Crippen LogP contribution is -2.32. The minimum absolute atomic E-state index is 0.580. The number of anilines is 6. The van der Waals surface area contributed by atoms with Crippen LogP contribution in [0.4, 0.5) is 34.1 Å². The van der Waals surface area contributed by atoms with E-state index in [0.29, 0.717) is 0 Å². The lowest BCUT2D eigenvalue weighted by Gasteiger charge is -2.41. The fraction of sp³-hybridized carbons (Fsp3) is 0.0196. The van der Waals surface area contributed by atoms with Crippen LogP contribution < -0.4 is 14.5 Å². The maximum atomic E-state index is 7.15. The third-order valence-electron chi connectivity index (χ3n) is 11.8. The predicted molar refractivity (Wildman–Crippen MR) is 222 cm³/mol. The van der Waals surface area contributed by atoms with Gasteiger partial charge in [0.1, 0.15) is 11.5 Å². The Labute approximate surface area is 313 Å². The van der Waals surface area contributed by atoms with E-state index in [9.17, 15) is 0 Å². The van der Waals surface area contributed by atoms with E-state index in [1.54, 1.807) is 0 Å². The van der Waals surface area contributed by atoms with Crippen molar-refractivity contribution in [1.82, 2.24) is 0 Å². The van der Waals surface area contributed by atoms with Gasteiger partial charge in [-0.05, 0) is 81.6 Å². The summed E-state index contributed by atoms with van der Waals surface area (Å²) in [5, 5.41) is 4.59. The average molecular weight is 689 g/mol. The summed E-state index contributed by atoms with van der Waals surface area (Å²) in [5.41, 5.74) is 13.6. The molecule has 54 heavy (non-hydrogen) atoms. The van der Waals surface area contributed by atoms with Crippen molar-refractivity contribution in [1.29, 1.82) is 0 Å². The van der Waals surface area contributed by atoms with Crippen molar-refractivity contribution in [3.05, 3.63) is 216 Å². The molecular weight excluding hydrogens is 657 g/mol. The van der Waals surface area contributed by atoms with Gasteiger partial charge in [0, 0.05) is 33.3 Å². The van der Waals surface area contributed by atoms with Crippen LogP contribution in [0.25, 0.3) is 32.7 Å². The molecule has 1 aliphatic carbocycles. The molecule has 0 fully saturated rings. The highest BCUT2D eigenvalue weighted by molar-refractivity contribution is 6.04. The van der Waals surface area contributed by atoms with E-state index in [4.69, 9.17) is 4.74 Å². The zero-order valence-corrected chi connectivity index (χ0v) is 29.3. The summed E-state index contributed by atoms with van der Waals surface area (Å²) in [6.07, 6.45) is 0. The lowest BCUT2D eigenvalue weighted by molar-refractivity contribution is 0.447. The van der Waals surface area contributed by atoms with Crippen LogP contribution in [0.2, 0.25) is 0 Å². The number of para-hydroxylation sites is 5. The summed E-state index contributed by atoms with van der Waals surface area (Å²) < 4.78 is 7.15. The third-order valence-corrected chi connectivity index (χ3v) is 11.8. The molecule has 252 valence electrons. The summed E-state index contributed by atoms with van der Waals surface area (Å²) in [6, 6.07) is 70.7. The Bertz CT molecular complexity index is 2870. The molecule has 0 N–H and O–H groups in total. The van der Waals surface area contributed by atoms with Crippen LogP contribution in [0.3, 0.4) is 0 Å². The van der Waals surface area contributed by atoms with Crippen LogP contribution in [0.1, 0.15) is 22.3 Å². The third kappa shape index (κ3) is 3.80. The number of benzene rings is 9. The number of ether oxygens (including phenoxy) is 1. The molecule has 3 nitrogen and oxygen atoms in total. The monoisotopic (exact) mass is 688 g/mol. The molecule has 0 aromatic heterocycles. The van der Waals surface area contributed by atoms with Gasteiger partial charge in [-0.15, -0.1) is 0 Å². The zero-order chi connectivity index (χ0) is 35.4. The van der Waals surface area contributed by atoms with Crippen molar-refractivity contribution in [3.63, 3.8) is 0 Å². The summed E-state index contributed by atoms with van der Waals surface area (Å²) in [4.78, 5) is 4.81. The van der Waals surface area contributed by atoms with Crippen LogP contribution >= 0.6 is 0 Å². The van der Waals surface area contributed by atoms with Gasteiger partial charge in [-0.1, -0.05) is 146 Å². The zero-order valence-electron chi connectivity index (χ0n) is 29.3. The first-order valence-electron chi connectivity index (χ1n) is 18.6. The van der Waals surface area contributed by atoms with Crippen LogP contribution in [-0.2, 0) is 5.41 Å². The Hall–Kier alpha value is -7.10. The minimum atomic E-state index is -0.580. The molecule has 0 amide bonds. The molecule has 2 heterocycles. The first kappa shape index (κ1) is 29.5. The predicted octanol–water partition coefficient (Wildman–Crippen LogP) is 13.7. The molecule has 0 saturated carbocycles. The first-order valence-corrected chi connectivity index (χ1v) is 18.6. The normalized spacial score (nSPS) is 14.1. The van der Waals surface area contributed by atoms with E-state index in [-0.39, 0.29) is 0 Å². The Kier molecular flexibility index (Phi) is 5.98. The molecule has 3 aliphatic rings. The van der Waals surface area contributed by atoms with Crippen LogP contribution in [-0.4, -0.2) is 0 Å². The van der Waals surface area contributed by atoms with E-state index in [0.717, 1.165) is 56.4 Å². The van der Waals surface area contributed by atoms with E-state index in [2.05, 4.69) is 204 Å². The topological polar surface area (TPSA) is 15.7 Å². The van der Waals surface area contributed by atoms with Crippen molar-refractivity contribution < 1.29 is 4.74 Å². The number of fused-ring (bicyclic) bond motifs is 15. The molecule has 12 rings (SSSR count). The fourth-order valence-corrected chi connectivity index (χ4v) is 9.61. The molecule has 0 radical (unpaired) electrons. The fourth-order valence-electron chi connectivity index (χ4n) is 9.61. The maximum absolute atomic E-state index is 7.15. The standard InChI is InChI=1S/C51H32N2O/c1-2-16-35(17-3-1)52-45-22-10-12-24-47(45)53(48-25-13-11-23-46(48)52)36-28-31-42-40(32-36)39-20-8-9-21-41(39)51(42)43-29-26-33-14-4-6-18-37(33)49(43)54-50-38-19-7-5-15-34(38)27-30-44(50)51/h1-32H. The van der Waals surface area contributed by atoms with Gasteiger partial charge < -0.3 is 14.5 Å². The van der Waals surface area contributed by atoms with Crippen molar-refractivity contribution in [2.45, 2.75) is 5.41 Å². The van der Waals surface area contributed by atoms with Crippen LogP contribution in [0, 0.1) is 0 Å². The molecule has 0 saturated heterocycles. The largest absolute Gasteiger partial charge is 0.455 e. The van der Waals surface area contributed by atoms with Crippen molar-refractivity contribution >= 4 is 55.7 Å². The molecule has 1 spiro atoms. The van der Waals surface area contributed by atoms with Gasteiger partial charge in [0.05, 0.1) is 28.2 Å². The summed E-state index contributed by atoms with van der Waals surface area (Å²) >= 11 is 0. The second-order valence-corrected chi connectivity index (χ2v) is 14.4. The van der Waals surface area contributed by atoms with Crippen LogP contribution in [0.15, 0.2) is 194 Å². The van der Waals surface area contributed by atoms with Crippen LogP contribution in [0.5, 0.6) is 11.5 Å². The highest BCUT2D eigenvalue weighted by atomic mass is 16.5. The van der Waals surface area contributed by atoms with Gasteiger partial charge in [-0.2, -0.15) is 0 Å². The maximum Gasteiger partial charge on any atom is 0.140 e. The van der Waals surface area contributed by atoms with Gasteiger partial charge in [-0.25, -0.2) is 0 Å². The van der Waals surface area contributed by atoms with E-state index < -0.39 is 5.41 Å². The molecule has 9 aromatic rings. The first-order chi connectivity index (χ1) is 26.8. The van der Waals surface area contributed by atoms with Gasteiger partial charge in [0.15, 0.2) is 0 Å². The molecule has 3 heteroatoms. The van der Waals surface area contributed by atoms with Crippen molar-refractivity contribution in [2.24, 2.45) is 0 Å². The molecule has 9 aromatic carbocycles. The molecular formula is C51H32N2O. The number of nitrogens with zero attached hydrogens (tertiary/aromatic N) is 2. The van der Waals surface area contributed by atoms with E-state index in [1.807, 2.05) is 0 Å². The summed E-state index contributed by atoms with van der Waals surface area (Å²) in [7, 11) is 0. The van der Waals surface area contributed by atoms with E-state index in [1.165, 1.54) is 44.2 Å². The van der Waals surface area contributed by atoms with Gasteiger partial charge >= 0.3 is 0 Å². The molecule has 0 atom stereocenters. The van der Waals surface area contributed by atoms with Gasteiger partial charge in [0.25, 0.3) is 0 Å².